The van der Waals surface area contributed by atoms with E-state index in [0.717, 1.165) is 0 Å². The topological polar surface area (TPSA) is 9.23 Å². The van der Waals surface area contributed by atoms with Crippen LogP contribution in [0.2, 0.25) is 5.02 Å². The van der Waals surface area contributed by atoms with Crippen molar-refractivity contribution in [3.8, 4) is 5.75 Å². The van der Waals surface area contributed by atoms with E-state index in [0.29, 0.717) is 0 Å². The van der Waals surface area contributed by atoms with Crippen molar-refractivity contribution in [2.45, 2.75) is 12.8 Å². The number of hydrogen-bond acceptors (Lipinski definition) is 1. The van der Waals surface area contributed by atoms with Gasteiger partial charge in [-0.1, -0.05) is 11.6 Å². The third kappa shape index (κ3) is 2.94. The number of halogens is 7. The van der Waals surface area contributed by atoms with E-state index in [4.69, 9.17) is 11.6 Å². The maximum absolute atomic E-state index is 12.9. The van der Waals surface area contributed by atoms with Crippen molar-refractivity contribution >= 4 is 11.6 Å². The van der Waals surface area contributed by atoms with E-state index in [1.807, 2.05) is 0 Å². The van der Waals surface area contributed by atoms with E-state index >= 15 is 0 Å². The van der Waals surface area contributed by atoms with Gasteiger partial charge in [-0.25, -0.2) is 4.39 Å². The number of ether oxygens (including phenoxy) is 1. The minimum atomic E-state index is -4.87. The van der Waals surface area contributed by atoms with E-state index < -0.39 is 34.9 Å². The molecular weight excluding hydrogens is 262 g/mol. The molecule has 90 valence electrons. The van der Waals surface area contributed by atoms with Crippen molar-refractivity contribution in [2.75, 3.05) is 0 Å². The van der Waals surface area contributed by atoms with Crippen molar-refractivity contribution in [1.29, 1.82) is 0 Å². The average molecular weight is 265 g/mol. The first-order chi connectivity index (χ1) is 7.21. The van der Waals surface area contributed by atoms with Crippen molar-refractivity contribution in [3.05, 3.63) is 28.5 Å². The summed E-state index contributed by atoms with van der Waals surface area (Å²) in [5.74, 6) is -2.59. The molecule has 0 bridgehead atoms. The van der Waals surface area contributed by atoms with Crippen LogP contribution in [0.25, 0.3) is 0 Å². The van der Waals surface area contributed by atoms with Crippen LogP contribution in [0, 0.1) is 5.82 Å². The monoisotopic (exact) mass is 264 g/mol. The molecule has 0 unspecified atom stereocenters. The Morgan fingerprint density at radius 2 is 1.75 bits per heavy atom. The average Bonchev–Trinajstić information content (AvgIpc) is 2.06. The minimum absolute atomic E-state index is 0.0871. The molecular formula is C8H3ClF6O. The Morgan fingerprint density at radius 3 is 2.19 bits per heavy atom. The lowest BCUT2D eigenvalue weighted by molar-refractivity contribution is -0.138. The van der Waals surface area contributed by atoms with Crippen molar-refractivity contribution < 1.29 is 31.1 Å². The highest BCUT2D eigenvalue weighted by molar-refractivity contribution is 6.31. The second-order valence-corrected chi connectivity index (χ2v) is 3.05. The molecule has 16 heavy (non-hydrogen) atoms. The first-order valence-corrected chi connectivity index (χ1v) is 4.10. The van der Waals surface area contributed by atoms with Gasteiger partial charge in [-0.3, -0.25) is 0 Å². The Morgan fingerprint density at radius 1 is 1.19 bits per heavy atom. The molecule has 0 saturated carbocycles. The number of rotatable bonds is 2. The fraction of sp³-hybridized carbons (Fsp3) is 0.250. The van der Waals surface area contributed by atoms with Crippen LogP contribution in [0.5, 0.6) is 5.75 Å². The van der Waals surface area contributed by atoms with Crippen molar-refractivity contribution in [3.63, 3.8) is 0 Å². The van der Waals surface area contributed by atoms with Crippen LogP contribution in [0.1, 0.15) is 5.56 Å². The van der Waals surface area contributed by atoms with E-state index in [2.05, 4.69) is 4.74 Å². The highest BCUT2D eigenvalue weighted by Gasteiger charge is 2.34. The lowest BCUT2D eigenvalue weighted by Gasteiger charge is -2.12. The van der Waals surface area contributed by atoms with Gasteiger partial charge in [0.2, 0.25) is 0 Å². The predicted octanol–water partition coefficient (Wildman–Crippen LogP) is 4.10. The van der Waals surface area contributed by atoms with Crippen LogP contribution in [-0.2, 0) is 6.18 Å². The number of alkyl halides is 5. The fourth-order valence-electron chi connectivity index (χ4n) is 0.933. The maximum Gasteiger partial charge on any atom is 0.417 e. The molecule has 8 heteroatoms. The van der Waals surface area contributed by atoms with Crippen molar-refractivity contribution in [2.24, 2.45) is 0 Å². The maximum atomic E-state index is 12.9. The summed E-state index contributed by atoms with van der Waals surface area (Å²) >= 11 is 5.12. The largest absolute Gasteiger partial charge is 0.432 e. The lowest BCUT2D eigenvalue weighted by Crippen LogP contribution is -2.09. The van der Waals surface area contributed by atoms with Gasteiger partial charge in [-0.2, -0.15) is 22.0 Å². The van der Waals surface area contributed by atoms with Gasteiger partial charge in [0.1, 0.15) is 0 Å². The third-order valence-electron chi connectivity index (χ3n) is 1.54. The molecule has 0 N–H and O–H groups in total. The molecule has 0 fully saturated rings. The molecule has 1 nitrogen and oxygen atoms in total. The summed E-state index contributed by atoms with van der Waals surface area (Å²) in [6, 6.07) is 0.353. The predicted molar refractivity (Wildman–Crippen MR) is 43.0 cm³/mol. The zero-order valence-electron chi connectivity index (χ0n) is 7.29. The Bertz CT molecular complexity index is 389. The van der Waals surface area contributed by atoms with Crippen LogP contribution in [0.3, 0.4) is 0 Å². The van der Waals surface area contributed by atoms with Gasteiger partial charge in [0.25, 0.3) is 0 Å². The van der Waals surface area contributed by atoms with Crippen LogP contribution < -0.4 is 4.74 Å². The Balaban J connectivity index is 3.22. The van der Waals surface area contributed by atoms with Gasteiger partial charge < -0.3 is 4.74 Å². The summed E-state index contributed by atoms with van der Waals surface area (Å²) in [5.41, 5.74) is -1.44. The van der Waals surface area contributed by atoms with Gasteiger partial charge in [0.05, 0.1) is 10.6 Å². The molecule has 0 aromatic heterocycles. The summed E-state index contributed by atoms with van der Waals surface area (Å²) in [6.45, 7) is -3.42. The zero-order chi connectivity index (χ0) is 12.5. The molecule has 0 saturated heterocycles. The van der Waals surface area contributed by atoms with E-state index in [1.54, 1.807) is 0 Å². The van der Waals surface area contributed by atoms with E-state index in [9.17, 15) is 26.3 Å². The van der Waals surface area contributed by atoms with Crippen LogP contribution in [0.4, 0.5) is 26.3 Å². The van der Waals surface area contributed by atoms with E-state index in [1.165, 1.54) is 0 Å². The summed E-state index contributed by atoms with van der Waals surface area (Å²) in [5, 5.41) is -0.924. The summed E-state index contributed by atoms with van der Waals surface area (Å²) in [7, 11) is 0. The Hall–Kier alpha value is -1.11. The Labute approximate surface area is 90.6 Å². The van der Waals surface area contributed by atoms with Crippen LogP contribution in [-0.4, -0.2) is 6.61 Å². The van der Waals surface area contributed by atoms with Crippen LogP contribution >= 0.6 is 11.6 Å². The molecule has 0 amide bonds. The summed E-state index contributed by atoms with van der Waals surface area (Å²) in [4.78, 5) is 0. The van der Waals surface area contributed by atoms with E-state index in [-0.39, 0.29) is 12.1 Å². The minimum Gasteiger partial charge on any atom is -0.432 e. The SMILES string of the molecule is Fc1cc(Cl)c(C(F)(F)F)cc1OC(F)F. The normalized spacial score (nSPS) is 12.0. The summed E-state index contributed by atoms with van der Waals surface area (Å²) < 4.78 is 76.6. The van der Waals surface area contributed by atoms with Crippen LogP contribution in [0.15, 0.2) is 12.1 Å². The molecule has 0 aliphatic rings. The first kappa shape index (κ1) is 13.0. The van der Waals surface area contributed by atoms with Gasteiger partial charge in [0.15, 0.2) is 11.6 Å². The molecule has 1 rings (SSSR count). The lowest BCUT2D eigenvalue weighted by atomic mass is 10.2. The molecule has 0 atom stereocenters. The number of hydrogen-bond donors (Lipinski definition) is 0. The van der Waals surface area contributed by atoms with Gasteiger partial charge in [-0.05, 0) is 12.1 Å². The van der Waals surface area contributed by atoms with Gasteiger partial charge >= 0.3 is 12.8 Å². The second kappa shape index (κ2) is 4.40. The quantitative estimate of drug-likeness (QED) is 0.731. The van der Waals surface area contributed by atoms with Gasteiger partial charge in [0, 0.05) is 0 Å². The zero-order valence-corrected chi connectivity index (χ0v) is 8.04. The molecule has 0 radical (unpaired) electrons. The summed E-state index contributed by atoms with van der Waals surface area (Å²) in [6.07, 6.45) is -4.87. The smallest absolute Gasteiger partial charge is 0.417 e. The van der Waals surface area contributed by atoms with Crippen molar-refractivity contribution in [1.82, 2.24) is 0 Å². The standard InChI is InChI=1S/C8H3ClF6O/c9-4-2-5(10)6(16-7(11)12)1-3(4)8(13,14)15/h1-2,7H. The Kier molecular flexibility index (Phi) is 3.57. The molecule has 0 heterocycles. The highest BCUT2D eigenvalue weighted by atomic mass is 35.5. The first-order valence-electron chi connectivity index (χ1n) is 3.73. The molecule has 0 spiro atoms. The van der Waals surface area contributed by atoms with Gasteiger partial charge in [-0.15, -0.1) is 0 Å². The second-order valence-electron chi connectivity index (χ2n) is 2.64. The molecule has 1 aromatic rings. The highest BCUT2D eigenvalue weighted by Crippen LogP contribution is 2.38. The fourth-order valence-corrected chi connectivity index (χ4v) is 1.19. The molecule has 1 aromatic carbocycles. The third-order valence-corrected chi connectivity index (χ3v) is 1.86. The number of benzene rings is 1. The molecule has 0 aliphatic heterocycles. The molecule has 0 aliphatic carbocycles.